The van der Waals surface area contributed by atoms with Crippen LogP contribution < -0.4 is 0 Å². The van der Waals surface area contributed by atoms with Gasteiger partial charge in [0.1, 0.15) is 0 Å². The summed E-state index contributed by atoms with van der Waals surface area (Å²) in [7, 11) is 0. The predicted molar refractivity (Wildman–Crippen MR) is 52.0 cm³/mol. The number of thioether (sulfide) groups is 1. The molecule has 0 amide bonds. The van der Waals surface area contributed by atoms with E-state index in [2.05, 4.69) is 4.98 Å². The van der Waals surface area contributed by atoms with Gasteiger partial charge in [0.15, 0.2) is 0 Å². The Kier molecular flexibility index (Phi) is 3.76. The minimum atomic E-state index is -0.764. The molecule has 0 saturated heterocycles. The number of aliphatic carboxylic acids is 1. The summed E-state index contributed by atoms with van der Waals surface area (Å²) < 4.78 is 0. The predicted octanol–water partition coefficient (Wildman–Crippen LogP) is 1.96. The van der Waals surface area contributed by atoms with E-state index in [1.54, 1.807) is 6.20 Å². The molecule has 1 rings (SSSR count). The van der Waals surface area contributed by atoms with E-state index >= 15 is 0 Å². The number of carboxylic acids is 1. The highest BCUT2D eigenvalue weighted by molar-refractivity contribution is 7.99. The molecule has 0 aliphatic rings. The molecular formula is C9H11NO2S. The van der Waals surface area contributed by atoms with Crippen LogP contribution in [0.4, 0.5) is 0 Å². The molecular weight excluding hydrogens is 186 g/mol. The lowest BCUT2D eigenvalue weighted by Gasteiger charge is -1.98. The summed E-state index contributed by atoms with van der Waals surface area (Å²) in [6, 6.07) is 3.87. The van der Waals surface area contributed by atoms with Gasteiger partial charge in [-0.1, -0.05) is 0 Å². The molecule has 0 aliphatic heterocycles. The maximum absolute atomic E-state index is 10.2. The van der Waals surface area contributed by atoms with Crippen molar-refractivity contribution in [3.05, 3.63) is 23.9 Å². The Balaban J connectivity index is 2.41. The van der Waals surface area contributed by atoms with E-state index in [1.165, 1.54) is 11.8 Å². The second-order valence-electron chi connectivity index (χ2n) is 2.66. The van der Waals surface area contributed by atoms with Gasteiger partial charge in [-0.2, -0.15) is 0 Å². The van der Waals surface area contributed by atoms with Gasteiger partial charge < -0.3 is 5.11 Å². The molecule has 0 spiro atoms. The first kappa shape index (κ1) is 10.1. The van der Waals surface area contributed by atoms with Crippen LogP contribution in [0.25, 0.3) is 0 Å². The molecule has 1 N–H and O–H groups in total. The average Bonchev–Trinajstić information content (AvgIpc) is 2.03. The van der Waals surface area contributed by atoms with Crippen LogP contribution in [0.2, 0.25) is 0 Å². The fourth-order valence-electron chi connectivity index (χ4n) is 0.830. The second-order valence-corrected chi connectivity index (χ2v) is 3.78. The third-order valence-corrected chi connectivity index (χ3v) is 2.38. The normalized spacial score (nSPS) is 9.92. The van der Waals surface area contributed by atoms with Gasteiger partial charge in [0.25, 0.3) is 0 Å². The fourth-order valence-corrected chi connectivity index (χ4v) is 1.72. The van der Waals surface area contributed by atoms with Gasteiger partial charge >= 0.3 is 5.97 Å². The van der Waals surface area contributed by atoms with E-state index in [0.717, 1.165) is 10.6 Å². The number of aromatic nitrogens is 1. The molecule has 13 heavy (non-hydrogen) atoms. The van der Waals surface area contributed by atoms with Gasteiger partial charge in [0.05, 0.1) is 11.4 Å². The number of aryl methyl sites for hydroxylation is 1. The van der Waals surface area contributed by atoms with Crippen molar-refractivity contribution in [2.75, 3.05) is 5.75 Å². The highest BCUT2D eigenvalue weighted by Gasteiger charge is 1.99. The Bertz CT molecular complexity index is 301. The van der Waals surface area contributed by atoms with Crippen LogP contribution in [0.1, 0.15) is 12.0 Å². The molecule has 1 heterocycles. The highest BCUT2D eigenvalue weighted by Crippen LogP contribution is 2.16. The number of hydrogen-bond donors (Lipinski definition) is 1. The molecule has 0 bridgehead atoms. The SMILES string of the molecule is Cc1ccnc(SCCC(=O)O)c1. The van der Waals surface area contributed by atoms with Gasteiger partial charge in [-0.3, -0.25) is 4.79 Å². The molecule has 0 fully saturated rings. The zero-order valence-electron chi connectivity index (χ0n) is 7.36. The molecule has 0 saturated carbocycles. The van der Waals surface area contributed by atoms with Crippen LogP contribution in [0, 0.1) is 6.92 Å². The molecule has 0 unspecified atom stereocenters. The lowest BCUT2D eigenvalue weighted by Crippen LogP contribution is -1.96. The van der Waals surface area contributed by atoms with Crippen LogP contribution in [0.15, 0.2) is 23.4 Å². The van der Waals surface area contributed by atoms with Crippen molar-refractivity contribution in [1.82, 2.24) is 4.98 Å². The number of nitrogens with zero attached hydrogens (tertiary/aromatic N) is 1. The Morgan fingerprint density at radius 3 is 3.08 bits per heavy atom. The van der Waals surface area contributed by atoms with Gasteiger partial charge in [0, 0.05) is 11.9 Å². The van der Waals surface area contributed by atoms with Crippen molar-refractivity contribution in [2.45, 2.75) is 18.4 Å². The summed E-state index contributed by atoms with van der Waals surface area (Å²) >= 11 is 1.47. The molecule has 0 atom stereocenters. The first-order valence-corrected chi connectivity index (χ1v) is 4.94. The van der Waals surface area contributed by atoms with Crippen LogP contribution in [-0.2, 0) is 4.79 Å². The summed E-state index contributed by atoms with van der Waals surface area (Å²) in [6.07, 6.45) is 1.92. The Morgan fingerprint density at radius 2 is 2.46 bits per heavy atom. The van der Waals surface area contributed by atoms with Crippen LogP contribution >= 0.6 is 11.8 Å². The van der Waals surface area contributed by atoms with Crippen molar-refractivity contribution in [3.63, 3.8) is 0 Å². The summed E-state index contributed by atoms with van der Waals surface area (Å²) in [5.41, 5.74) is 1.15. The second kappa shape index (κ2) is 4.87. The third kappa shape index (κ3) is 3.94. The quantitative estimate of drug-likeness (QED) is 0.749. The molecule has 70 valence electrons. The number of carbonyl (C=O) groups is 1. The third-order valence-electron chi connectivity index (χ3n) is 1.46. The van der Waals surface area contributed by atoms with Crippen molar-refractivity contribution in [3.8, 4) is 0 Å². The summed E-state index contributed by atoms with van der Waals surface area (Å²) in [4.78, 5) is 14.3. The Hall–Kier alpha value is -1.03. The monoisotopic (exact) mass is 197 g/mol. The average molecular weight is 197 g/mol. The largest absolute Gasteiger partial charge is 0.481 e. The summed E-state index contributed by atoms with van der Waals surface area (Å²) in [5, 5.41) is 9.30. The molecule has 0 aromatic carbocycles. The molecule has 1 aromatic rings. The Morgan fingerprint density at radius 1 is 1.69 bits per heavy atom. The minimum Gasteiger partial charge on any atom is -0.481 e. The molecule has 0 aliphatic carbocycles. The topological polar surface area (TPSA) is 50.2 Å². The number of rotatable bonds is 4. The smallest absolute Gasteiger partial charge is 0.304 e. The zero-order chi connectivity index (χ0) is 9.68. The van der Waals surface area contributed by atoms with E-state index in [4.69, 9.17) is 5.11 Å². The van der Waals surface area contributed by atoms with Gasteiger partial charge in [-0.15, -0.1) is 11.8 Å². The Labute approximate surface area is 81.2 Å². The molecule has 4 heteroatoms. The van der Waals surface area contributed by atoms with E-state index < -0.39 is 5.97 Å². The van der Waals surface area contributed by atoms with Crippen molar-refractivity contribution in [1.29, 1.82) is 0 Å². The van der Waals surface area contributed by atoms with Gasteiger partial charge in [-0.25, -0.2) is 4.98 Å². The number of pyridine rings is 1. The van der Waals surface area contributed by atoms with Crippen LogP contribution in [-0.4, -0.2) is 21.8 Å². The first-order chi connectivity index (χ1) is 6.18. The maximum Gasteiger partial charge on any atom is 0.304 e. The number of hydrogen-bond acceptors (Lipinski definition) is 3. The van der Waals surface area contributed by atoms with Crippen LogP contribution in [0.5, 0.6) is 0 Å². The lowest BCUT2D eigenvalue weighted by molar-refractivity contribution is -0.136. The molecule has 1 aromatic heterocycles. The highest BCUT2D eigenvalue weighted by atomic mass is 32.2. The maximum atomic E-state index is 10.2. The van der Waals surface area contributed by atoms with Gasteiger partial charge in [0.2, 0.25) is 0 Å². The van der Waals surface area contributed by atoms with E-state index in [1.807, 2.05) is 19.1 Å². The number of carboxylic acid groups (broad SMARTS) is 1. The molecule has 3 nitrogen and oxygen atoms in total. The lowest BCUT2D eigenvalue weighted by atomic mass is 10.3. The van der Waals surface area contributed by atoms with Crippen LogP contribution in [0.3, 0.4) is 0 Å². The van der Waals surface area contributed by atoms with E-state index in [9.17, 15) is 4.79 Å². The zero-order valence-corrected chi connectivity index (χ0v) is 8.17. The first-order valence-electron chi connectivity index (χ1n) is 3.96. The van der Waals surface area contributed by atoms with E-state index in [0.29, 0.717) is 5.75 Å². The van der Waals surface area contributed by atoms with Crippen molar-refractivity contribution in [2.24, 2.45) is 0 Å². The summed E-state index contributed by atoms with van der Waals surface area (Å²) in [5.74, 6) is -0.189. The minimum absolute atomic E-state index is 0.181. The summed E-state index contributed by atoms with van der Waals surface area (Å²) in [6.45, 7) is 1.99. The molecule has 0 radical (unpaired) electrons. The van der Waals surface area contributed by atoms with Crippen molar-refractivity contribution < 1.29 is 9.90 Å². The van der Waals surface area contributed by atoms with E-state index in [-0.39, 0.29) is 6.42 Å². The standard InChI is InChI=1S/C9H11NO2S/c1-7-2-4-10-8(6-7)13-5-3-9(11)12/h2,4,6H,3,5H2,1H3,(H,11,12). The van der Waals surface area contributed by atoms with Crippen molar-refractivity contribution >= 4 is 17.7 Å². The van der Waals surface area contributed by atoms with Gasteiger partial charge in [-0.05, 0) is 24.6 Å². The fraction of sp³-hybridized carbons (Fsp3) is 0.333.